The fourth-order valence-corrected chi connectivity index (χ4v) is 3.93. The van der Waals surface area contributed by atoms with E-state index in [2.05, 4.69) is 25.5 Å². The smallest absolute Gasteiger partial charge is 0.259 e. The second-order valence-electron chi connectivity index (χ2n) is 7.84. The molecule has 34 heavy (non-hydrogen) atoms. The minimum atomic E-state index is -1.12. The number of H-pyrrole nitrogens is 1. The maximum Gasteiger partial charge on any atom is 0.259 e. The van der Waals surface area contributed by atoms with Gasteiger partial charge < -0.3 is 10.4 Å². The number of anilines is 1. The topological polar surface area (TPSA) is 104 Å². The maximum atomic E-state index is 13.4. The third-order valence-electron chi connectivity index (χ3n) is 5.52. The number of fused-ring (bicyclic) bond motifs is 1. The van der Waals surface area contributed by atoms with Crippen molar-refractivity contribution in [1.82, 2.24) is 20.2 Å². The van der Waals surface area contributed by atoms with Gasteiger partial charge in [-0.3, -0.25) is 9.89 Å². The van der Waals surface area contributed by atoms with E-state index >= 15 is 0 Å². The molecule has 5 aromatic rings. The number of aromatic nitrogens is 4. The van der Waals surface area contributed by atoms with Gasteiger partial charge in [-0.25, -0.2) is 9.97 Å². The van der Waals surface area contributed by atoms with E-state index < -0.39 is 12.0 Å². The molecule has 0 aliphatic heterocycles. The normalized spacial score (nSPS) is 12.0. The van der Waals surface area contributed by atoms with E-state index in [4.69, 9.17) is 11.6 Å². The molecule has 0 aliphatic rings. The quantitative estimate of drug-likeness (QED) is 0.323. The molecule has 1 atom stereocenters. The molecule has 3 N–H and O–H groups in total. The van der Waals surface area contributed by atoms with E-state index in [1.165, 1.54) is 0 Å². The summed E-state index contributed by atoms with van der Waals surface area (Å²) in [5.41, 5.74) is 3.71. The van der Waals surface area contributed by atoms with Crippen molar-refractivity contribution in [3.8, 4) is 11.4 Å². The standard InChI is InChI=1S/C26H20ClN5O2/c1-15-22(26(34)30-20-11-12-21-18(13-20)14-28-32-21)23(24(33)16-5-3-2-4-6-16)31-25(29-15)17-7-9-19(27)10-8-17/h2-14,24,33H,1H3,(H,28,32)(H,30,34). The molecule has 0 bridgehead atoms. The van der Waals surface area contributed by atoms with Gasteiger partial charge in [0.1, 0.15) is 6.10 Å². The zero-order valence-electron chi connectivity index (χ0n) is 18.2. The zero-order valence-corrected chi connectivity index (χ0v) is 18.9. The fraction of sp³-hybridized carbons (Fsp3) is 0.0769. The van der Waals surface area contributed by atoms with Crippen molar-refractivity contribution >= 4 is 34.1 Å². The number of aryl methyl sites for hydroxylation is 1. The van der Waals surface area contributed by atoms with Gasteiger partial charge in [0.15, 0.2) is 5.82 Å². The van der Waals surface area contributed by atoms with Crippen LogP contribution in [0.25, 0.3) is 22.3 Å². The number of nitrogens with one attached hydrogen (secondary N) is 2. The molecule has 0 spiro atoms. The first-order valence-corrected chi connectivity index (χ1v) is 11.0. The van der Waals surface area contributed by atoms with Gasteiger partial charge in [-0.15, -0.1) is 0 Å². The first-order valence-electron chi connectivity index (χ1n) is 10.6. The summed E-state index contributed by atoms with van der Waals surface area (Å²) >= 11 is 6.03. The van der Waals surface area contributed by atoms with Gasteiger partial charge in [-0.2, -0.15) is 5.10 Å². The van der Waals surface area contributed by atoms with Crippen LogP contribution in [-0.4, -0.2) is 31.2 Å². The highest BCUT2D eigenvalue weighted by Crippen LogP contribution is 2.29. The summed E-state index contributed by atoms with van der Waals surface area (Å²) in [5.74, 6) is -0.0107. The van der Waals surface area contributed by atoms with Crippen LogP contribution in [0.5, 0.6) is 0 Å². The number of benzene rings is 3. The van der Waals surface area contributed by atoms with Crippen LogP contribution < -0.4 is 5.32 Å². The lowest BCUT2D eigenvalue weighted by atomic mass is 10.00. The highest BCUT2D eigenvalue weighted by atomic mass is 35.5. The van der Waals surface area contributed by atoms with E-state index in [9.17, 15) is 9.90 Å². The van der Waals surface area contributed by atoms with Crippen molar-refractivity contribution in [1.29, 1.82) is 0 Å². The highest BCUT2D eigenvalue weighted by molar-refractivity contribution is 6.30. The van der Waals surface area contributed by atoms with E-state index in [1.54, 1.807) is 55.6 Å². The molecular weight excluding hydrogens is 450 g/mol. The zero-order chi connectivity index (χ0) is 23.7. The highest BCUT2D eigenvalue weighted by Gasteiger charge is 2.25. The van der Waals surface area contributed by atoms with Crippen LogP contribution in [0.15, 0.2) is 79.0 Å². The van der Waals surface area contributed by atoms with Crippen LogP contribution >= 0.6 is 11.6 Å². The molecule has 0 saturated heterocycles. The van der Waals surface area contributed by atoms with Crippen molar-refractivity contribution in [2.45, 2.75) is 13.0 Å². The lowest BCUT2D eigenvalue weighted by Crippen LogP contribution is -2.20. The molecule has 1 amide bonds. The first-order chi connectivity index (χ1) is 16.5. The Kier molecular flexibility index (Phi) is 5.79. The number of carbonyl (C=O) groups is 1. The monoisotopic (exact) mass is 469 g/mol. The van der Waals surface area contributed by atoms with Crippen LogP contribution in [0.3, 0.4) is 0 Å². The van der Waals surface area contributed by atoms with Gasteiger partial charge in [0.25, 0.3) is 5.91 Å². The number of aliphatic hydroxyl groups is 1. The molecule has 7 nitrogen and oxygen atoms in total. The van der Waals surface area contributed by atoms with E-state index in [0.29, 0.717) is 27.8 Å². The summed E-state index contributed by atoms with van der Waals surface area (Å²) < 4.78 is 0. The van der Waals surface area contributed by atoms with Crippen molar-refractivity contribution in [3.05, 3.63) is 107 Å². The summed E-state index contributed by atoms with van der Waals surface area (Å²) in [6.07, 6.45) is 0.566. The third-order valence-corrected chi connectivity index (χ3v) is 5.77. The predicted octanol–water partition coefficient (Wildman–Crippen LogP) is 5.32. The lowest BCUT2D eigenvalue weighted by molar-refractivity contribution is 0.101. The molecule has 2 aromatic heterocycles. The van der Waals surface area contributed by atoms with Gasteiger partial charge in [0.05, 0.1) is 28.7 Å². The Morgan fingerprint density at radius 3 is 2.56 bits per heavy atom. The Bertz CT molecular complexity index is 1480. The van der Waals surface area contributed by atoms with Gasteiger partial charge >= 0.3 is 0 Å². The Labute approximate surface area is 200 Å². The molecule has 2 heterocycles. The van der Waals surface area contributed by atoms with Crippen molar-refractivity contribution in [3.63, 3.8) is 0 Å². The third kappa shape index (κ3) is 4.26. The fourth-order valence-electron chi connectivity index (χ4n) is 3.81. The van der Waals surface area contributed by atoms with Crippen LogP contribution in [0.2, 0.25) is 5.02 Å². The number of aliphatic hydroxyl groups excluding tert-OH is 1. The van der Waals surface area contributed by atoms with Crippen LogP contribution in [-0.2, 0) is 0 Å². The number of hydrogen-bond donors (Lipinski definition) is 3. The first kappa shape index (κ1) is 21.8. The minimum Gasteiger partial charge on any atom is -0.382 e. The van der Waals surface area contributed by atoms with Crippen molar-refractivity contribution in [2.75, 3.05) is 5.32 Å². The number of carbonyl (C=O) groups excluding carboxylic acids is 1. The summed E-state index contributed by atoms with van der Waals surface area (Å²) in [4.78, 5) is 22.6. The number of halogens is 1. The number of rotatable bonds is 5. The Morgan fingerprint density at radius 1 is 1.03 bits per heavy atom. The van der Waals surface area contributed by atoms with Gasteiger partial charge in [0.2, 0.25) is 0 Å². The summed E-state index contributed by atoms with van der Waals surface area (Å²) in [6.45, 7) is 1.73. The Balaban J connectivity index is 1.59. The van der Waals surface area contributed by atoms with Crippen LogP contribution in [0.1, 0.15) is 33.4 Å². The maximum absolute atomic E-state index is 13.4. The summed E-state index contributed by atoms with van der Waals surface area (Å²) in [6, 6.07) is 21.6. The van der Waals surface area contributed by atoms with Crippen molar-refractivity contribution in [2.24, 2.45) is 0 Å². The van der Waals surface area contributed by atoms with Gasteiger partial charge in [0, 0.05) is 21.7 Å². The van der Waals surface area contributed by atoms with Crippen molar-refractivity contribution < 1.29 is 9.90 Å². The van der Waals surface area contributed by atoms with Crippen LogP contribution in [0.4, 0.5) is 5.69 Å². The molecule has 0 radical (unpaired) electrons. The molecular formula is C26H20ClN5O2. The SMILES string of the molecule is Cc1nc(-c2ccc(Cl)cc2)nc(C(O)c2ccccc2)c1C(=O)Nc1ccc2[nH]ncc2c1. The number of nitrogens with zero attached hydrogens (tertiary/aromatic N) is 3. The molecule has 0 aliphatic carbocycles. The molecule has 8 heteroatoms. The molecule has 0 saturated carbocycles. The Hall–Kier alpha value is -4.07. The second kappa shape index (κ2) is 9.05. The average Bonchev–Trinajstić information content (AvgIpc) is 3.32. The van der Waals surface area contributed by atoms with E-state index in [-0.39, 0.29) is 11.3 Å². The molecule has 5 rings (SSSR count). The number of hydrogen-bond acceptors (Lipinski definition) is 5. The molecule has 168 valence electrons. The molecule has 3 aromatic carbocycles. The minimum absolute atomic E-state index is 0.223. The molecule has 1 unspecified atom stereocenters. The predicted molar refractivity (Wildman–Crippen MR) is 132 cm³/mol. The van der Waals surface area contributed by atoms with Gasteiger partial charge in [-0.1, -0.05) is 41.9 Å². The average molecular weight is 470 g/mol. The number of amides is 1. The number of aromatic amines is 1. The second-order valence-corrected chi connectivity index (χ2v) is 8.28. The summed E-state index contributed by atoms with van der Waals surface area (Å²) in [7, 11) is 0. The Morgan fingerprint density at radius 2 is 1.79 bits per heavy atom. The molecule has 0 fully saturated rings. The lowest BCUT2D eigenvalue weighted by Gasteiger charge is -2.18. The van der Waals surface area contributed by atoms with E-state index in [1.807, 2.05) is 30.3 Å². The van der Waals surface area contributed by atoms with Gasteiger partial charge in [-0.05, 0) is 55.0 Å². The van der Waals surface area contributed by atoms with E-state index in [0.717, 1.165) is 16.5 Å². The van der Waals surface area contributed by atoms with Crippen LogP contribution in [0, 0.1) is 6.92 Å². The summed E-state index contributed by atoms with van der Waals surface area (Å²) in [5, 5.41) is 22.5. The largest absolute Gasteiger partial charge is 0.382 e.